The summed E-state index contributed by atoms with van der Waals surface area (Å²) in [4.78, 5) is 29.5. The molecule has 67 heavy (non-hydrogen) atoms. The molecule has 0 radical (unpaired) electrons. The summed E-state index contributed by atoms with van der Waals surface area (Å²) in [7, 11) is 4.31. The van der Waals surface area contributed by atoms with Gasteiger partial charge in [-0.1, -0.05) is 24.3 Å². The number of hydrogen-bond donors (Lipinski definition) is 1. The number of benzene rings is 4. The average molecular weight is 890 g/mol. The first-order chi connectivity index (χ1) is 33.0. The SMILES string of the molecule is CN1CCN(c2cccc3ncccc23)CC1.[C-]#[N+]c1ccc2c(c1)c(C1CCC(N3CCN(c4cccc5ncccc45)CC3)CC1)cn2C.c1cc(N2CCNCC2)c2cccnc2c1. The second-order valence-corrected chi connectivity index (χ2v) is 18.6. The number of piperazine rings is 3. The third-order valence-corrected chi connectivity index (χ3v) is 14.6. The van der Waals surface area contributed by atoms with E-state index in [0.717, 1.165) is 101 Å². The Balaban J connectivity index is 0.000000132. The number of anilines is 3. The number of fused-ring (bicyclic) bond motifs is 4. The van der Waals surface area contributed by atoms with E-state index in [9.17, 15) is 0 Å². The van der Waals surface area contributed by atoms with Gasteiger partial charge in [0.05, 0.1) is 23.1 Å². The summed E-state index contributed by atoms with van der Waals surface area (Å²) >= 11 is 0. The van der Waals surface area contributed by atoms with Gasteiger partial charge in [-0.15, -0.1) is 0 Å². The monoisotopic (exact) mass is 890 g/mol. The van der Waals surface area contributed by atoms with E-state index in [0.29, 0.717) is 12.0 Å². The Labute approximate surface area is 395 Å². The molecule has 4 aromatic carbocycles. The Morgan fingerprint density at radius 2 is 1.01 bits per heavy atom. The molecule has 3 saturated heterocycles. The van der Waals surface area contributed by atoms with E-state index in [4.69, 9.17) is 6.57 Å². The molecular formula is C56H63N11. The van der Waals surface area contributed by atoms with Gasteiger partial charge in [-0.3, -0.25) is 19.9 Å². The molecule has 11 nitrogen and oxygen atoms in total. The van der Waals surface area contributed by atoms with Crippen molar-refractivity contribution < 1.29 is 0 Å². The van der Waals surface area contributed by atoms with Gasteiger partial charge in [0.15, 0.2) is 5.69 Å². The fourth-order valence-electron chi connectivity index (χ4n) is 10.9. The summed E-state index contributed by atoms with van der Waals surface area (Å²) < 4.78 is 2.23. The molecule has 1 aliphatic carbocycles. The van der Waals surface area contributed by atoms with Gasteiger partial charge < -0.3 is 29.5 Å². The van der Waals surface area contributed by atoms with Gasteiger partial charge in [-0.25, -0.2) is 4.85 Å². The van der Waals surface area contributed by atoms with Crippen molar-refractivity contribution in [1.29, 1.82) is 0 Å². The zero-order valence-corrected chi connectivity index (χ0v) is 39.1. The summed E-state index contributed by atoms with van der Waals surface area (Å²) in [5.74, 6) is 0.602. The molecule has 0 amide bonds. The van der Waals surface area contributed by atoms with Gasteiger partial charge in [0.2, 0.25) is 0 Å². The van der Waals surface area contributed by atoms with Crippen LogP contribution in [0.2, 0.25) is 0 Å². The van der Waals surface area contributed by atoms with E-state index < -0.39 is 0 Å². The third kappa shape index (κ3) is 9.80. The van der Waals surface area contributed by atoms with Crippen molar-refractivity contribution in [2.45, 2.75) is 37.6 Å². The van der Waals surface area contributed by atoms with E-state index in [1.165, 1.54) is 75.4 Å². The molecule has 1 saturated carbocycles. The van der Waals surface area contributed by atoms with E-state index in [1.54, 1.807) is 0 Å². The quantitative estimate of drug-likeness (QED) is 0.170. The van der Waals surface area contributed by atoms with Crippen molar-refractivity contribution in [3.8, 4) is 0 Å². The molecule has 12 rings (SSSR count). The first kappa shape index (κ1) is 44.3. The minimum absolute atomic E-state index is 0.602. The Kier molecular flexibility index (Phi) is 13.6. The molecule has 0 atom stereocenters. The van der Waals surface area contributed by atoms with Gasteiger partial charge in [-0.05, 0) is 135 Å². The summed E-state index contributed by atoms with van der Waals surface area (Å²) in [6, 6.07) is 38.6. The van der Waals surface area contributed by atoms with Crippen LogP contribution in [-0.4, -0.2) is 121 Å². The maximum Gasteiger partial charge on any atom is 0.187 e. The average Bonchev–Trinajstić information content (AvgIpc) is 3.74. The Hall–Kier alpha value is -6.58. The fourth-order valence-corrected chi connectivity index (χ4v) is 10.9. The predicted molar refractivity (Wildman–Crippen MR) is 278 cm³/mol. The van der Waals surface area contributed by atoms with Crippen LogP contribution < -0.4 is 20.0 Å². The van der Waals surface area contributed by atoms with Crippen LogP contribution in [0.15, 0.2) is 134 Å². The molecular weight excluding hydrogens is 827 g/mol. The molecule has 4 aliphatic rings. The van der Waals surface area contributed by atoms with Crippen LogP contribution in [0.25, 0.3) is 48.5 Å². The van der Waals surface area contributed by atoms with E-state index in [1.807, 2.05) is 42.9 Å². The summed E-state index contributed by atoms with van der Waals surface area (Å²) in [5, 5.41) is 8.43. The molecule has 0 unspecified atom stereocenters. The third-order valence-electron chi connectivity index (χ3n) is 14.6. The maximum absolute atomic E-state index is 7.40. The highest BCUT2D eigenvalue weighted by Crippen LogP contribution is 2.40. The number of nitrogens with one attached hydrogen (secondary N) is 1. The largest absolute Gasteiger partial charge is 0.368 e. The van der Waals surface area contributed by atoms with Crippen molar-refractivity contribution in [1.82, 2.24) is 34.6 Å². The van der Waals surface area contributed by atoms with Crippen LogP contribution in [0.4, 0.5) is 22.7 Å². The number of aryl methyl sites for hydroxylation is 1. The summed E-state index contributed by atoms with van der Waals surface area (Å²) in [5.41, 5.74) is 10.6. The van der Waals surface area contributed by atoms with Crippen LogP contribution >= 0.6 is 0 Å². The van der Waals surface area contributed by atoms with E-state index >= 15 is 0 Å². The second kappa shape index (κ2) is 20.5. The number of pyridine rings is 3. The van der Waals surface area contributed by atoms with Crippen molar-refractivity contribution >= 4 is 66.4 Å². The van der Waals surface area contributed by atoms with Gasteiger partial charge in [0.1, 0.15) is 0 Å². The van der Waals surface area contributed by atoms with Crippen LogP contribution in [0, 0.1) is 6.57 Å². The maximum atomic E-state index is 7.40. The van der Waals surface area contributed by atoms with Crippen LogP contribution in [0.5, 0.6) is 0 Å². The minimum atomic E-state index is 0.602. The fraction of sp³-hybridized carbons (Fsp3) is 0.357. The van der Waals surface area contributed by atoms with Gasteiger partial charge in [-0.2, -0.15) is 0 Å². The van der Waals surface area contributed by atoms with Gasteiger partial charge in [0.25, 0.3) is 0 Å². The molecule has 11 heteroatoms. The van der Waals surface area contributed by atoms with Crippen molar-refractivity contribution in [2.75, 3.05) is 100 Å². The van der Waals surface area contributed by atoms with Crippen LogP contribution in [0.3, 0.4) is 0 Å². The van der Waals surface area contributed by atoms with E-state index in [2.05, 4.69) is 159 Å². The summed E-state index contributed by atoms with van der Waals surface area (Å²) in [6.45, 7) is 20.6. The molecule has 342 valence electrons. The lowest BCUT2D eigenvalue weighted by Crippen LogP contribution is -2.51. The Morgan fingerprint density at radius 3 is 1.52 bits per heavy atom. The summed E-state index contributed by atoms with van der Waals surface area (Å²) in [6.07, 6.45) is 12.9. The van der Waals surface area contributed by atoms with Gasteiger partial charge in [0, 0.05) is 155 Å². The lowest BCUT2D eigenvalue weighted by Gasteiger charge is -2.43. The zero-order chi connectivity index (χ0) is 45.5. The van der Waals surface area contributed by atoms with Crippen molar-refractivity contribution in [3.63, 3.8) is 0 Å². The topological polar surface area (TPSA) is 76.2 Å². The standard InChI is InChI=1S/C29H31N5.C14H17N3.C13H15N3/c1-30-22-10-13-28-25(19-22)26(20-32(28)2)21-8-11-23(12-9-21)33-15-17-34(18-16-33)29-7-3-6-27-24(29)5-4-14-31-27;1-16-8-10-17(11-9-16)14-6-2-5-13-12(14)4-3-7-15-13;1-4-12-11(3-2-6-15-12)13(5-1)16-9-7-14-8-10-16/h3-7,10,13-14,19-21,23H,8-9,11-12,15-18H2,2H3;2-7H,8-11H2,1H3;1-6,14H,7-10H2. The first-order valence-electron chi connectivity index (χ1n) is 24.4. The Bertz CT molecular complexity index is 2950. The molecule has 4 fully saturated rings. The normalized spacial score (nSPS) is 19.4. The number of hydrogen-bond acceptors (Lipinski definition) is 9. The number of nitrogens with zero attached hydrogens (tertiary/aromatic N) is 10. The zero-order valence-electron chi connectivity index (χ0n) is 39.1. The number of aromatic nitrogens is 4. The minimum Gasteiger partial charge on any atom is -0.368 e. The Morgan fingerprint density at radius 1 is 0.522 bits per heavy atom. The van der Waals surface area contributed by atoms with Crippen LogP contribution in [-0.2, 0) is 7.05 Å². The molecule has 0 spiro atoms. The first-order valence-corrected chi connectivity index (χ1v) is 24.4. The highest BCUT2D eigenvalue weighted by Gasteiger charge is 2.30. The molecule has 0 bridgehead atoms. The predicted octanol–water partition coefficient (Wildman–Crippen LogP) is 9.76. The number of likely N-dealkylation sites (N-methyl/N-ethyl adjacent to an activating group) is 1. The molecule has 7 heterocycles. The lowest BCUT2D eigenvalue weighted by atomic mass is 9.81. The highest BCUT2D eigenvalue weighted by atomic mass is 15.3. The van der Waals surface area contributed by atoms with E-state index in [-0.39, 0.29) is 0 Å². The van der Waals surface area contributed by atoms with Crippen molar-refractivity contribution in [3.05, 3.63) is 151 Å². The van der Waals surface area contributed by atoms with Crippen LogP contribution in [0.1, 0.15) is 37.2 Å². The molecule has 4 aromatic heterocycles. The van der Waals surface area contributed by atoms with Crippen molar-refractivity contribution in [2.24, 2.45) is 7.05 Å². The second-order valence-electron chi connectivity index (χ2n) is 18.6. The molecule has 1 N–H and O–H groups in total. The number of rotatable bonds is 5. The molecule has 3 aliphatic heterocycles. The van der Waals surface area contributed by atoms with Gasteiger partial charge >= 0.3 is 0 Å². The lowest BCUT2D eigenvalue weighted by molar-refractivity contribution is 0.141. The smallest absolute Gasteiger partial charge is 0.187 e. The highest BCUT2D eigenvalue weighted by molar-refractivity contribution is 5.93. The molecule has 8 aromatic rings.